The number of aromatic nitrogens is 2. The second-order valence-electron chi connectivity index (χ2n) is 11.2. The topological polar surface area (TPSA) is 58.2 Å². The van der Waals surface area contributed by atoms with Crippen molar-refractivity contribution < 1.29 is 13.9 Å². The van der Waals surface area contributed by atoms with Crippen LogP contribution in [-0.4, -0.2) is 46.6 Å². The highest BCUT2D eigenvalue weighted by Crippen LogP contribution is 2.49. The van der Waals surface area contributed by atoms with Crippen LogP contribution in [-0.2, 0) is 22.4 Å². The molecule has 1 heterocycles. The minimum absolute atomic E-state index is 0. The molecule has 2 aromatic carbocycles. The van der Waals surface area contributed by atoms with Gasteiger partial charge in [-0.3, -0.25) is 4.79 Å². The minimum atomic E-state index is -0.550. The molecule has 1 N–H and O–H groups in total. The van der Waals surface area contributed by atoms with E-state index in [9.17, 15) is 9.18 Å². The number of imidazole rings is 1. The number of ether oxygens (including phenoxy) is 1. The summed E-state index contributed by atoms with van der Waals surface area (Å²) < 4.78 is 20.4. The van der Waals surface area contributed by atoms with Gasteiger partial charge in [-0.2, -0.15) is 0 Å². The molecule has 0 amide bonds. The van der Waals surface area contributed by atoms with E-state index in [0.717, 1.165) is 86.0 Å². The molecular weight excluding hydrogens is 524 g/mol. The summed E-state index contributed by atoms with van der Waals surface area (Å²) in [5.74, 6) is 1.19. The van der Waals surface area contributed by atoms with Gasteiger partial charge in [0.1, 0.15) is 17.2 Å². The zero-order valence-electron chi connectivity index (χ0n) is 22.5. The lowest BCUT2D eigenvalue weighted by Gasteiger charge is -2.47. The fraction of sp³-hybridized carbons (Fsp3) is 0.533. The number of carbonyl (C=O) groups excluding carboxylic acids is 1. The maximum Gasteiger partial charge on any atom is 0.309 e. The summed E-state index contributed by atoms with van der Waals surface area (Å²) in [7, 11) is 2.14. The Morgan fingerprint density at radius 2 is 1.95 bits per heavy atom. The van der Waals surface area contributed by atoms with Crippen LogP contribution in [0.15, 0.2) is 42.5 Å². The standard InChI is InChI=1S/C30H38FN3O2.2ClH/c1-20(2)28-24-13-12-23(31)19-22(24)14-15-30(28,36-29(35)21-10-11-21)16-18-34(3)17-6-9-27-32-25-7-4-5-8-26(25)33-27;;/h4-5,7-8,12-13,19-21,28H,6,9-11,14-18H2,1-3H3,(H,32,33);2*1H/t28-,30-;;/m0../s1. The molecule has 0 spiro atoms. The van der Waals surface area contributed by atoms with Crippen molar-refractivity contribution in [1.29, 1.82) is 0 Å². The predicted molar refractivity (Wildman–Crippen MR) is 155 cm³/mol. The number of esters is 1. The fourth-order valence-electron chi connectivity index (χ4n) is 6.03. The highest BCUT2D eigenvalue weighted by molar-refractivity contribution is 5.85. The van der Waals surface area contributed by atoms with Gasteiger partial charge in [0.15, 0.2) is 0 Å². The van der Waals surface area contributed by atoms with Gasteiger partial charge < -0.3 is 14.6 Å². The number of halogens is 3. The zero-order chi connectivity index (χ0) is 25.3. The molecule has 2 aliphatic rings. The molecule has 1 saturated carbocycles. The van der Waals surface area contributed by atoms with E-state index >= 15 is 0 Å². The van der Waals surface area contributed by atoms with Crippen LogP contribution in [0.4, 0.5) is 4.39 Å². The minimum Gasteiger partial charge on any atom is -0.458 e. The number of nitrogens with zero attached hydrogens (tertiary/aromatic N) is 2. The summed E-state index contributed by atoms with van der Waals surface area (Å²) in [5, 5.41) is 0. The monoisotopic (exact) mass is 563 g/mol. The Morgan fingerprint density at radius 1 is 1.18 bits per heavy atom. The lowest BCUT2D eigenvalue weighted by molar-refractivity contribution is -0.169. The average Bonchev–Trinajstić information content (AvgIpc) is 3.62. The molecule has 0 saturated heterocycles. The Kier molecular flexibility index (Phi) is 10.2. The first-order chi connectivity index (χ1) is 17.3. The predicted octanol–water partition coefficient (Wildman–Crippen LogP) is 6.88. The molecule has 0 bridgehead atoms. The maximum absolute atomic E-state index is 14.0. The van der Waals surface area contributed by atoms with Crippen molar-refractivity contribution in [2.24, 2.45) is 11.8 Å². The number of aryl methyl sites for hydroxylation is 2. The van der Waals surface area contributed by atoms with E-state index in [0.29, 0.717) is 0 Å². The van der Waals surface area contributed by atoms with E-state index in [1.54, 1.807) is 12.1 Å². The van der Waals surface area contributed by atoms with Gasteiger partial charge >= 0.3 is 5.97 Å². The largest absolute Gasteiger partial charge is 0.458 e. The Hall–Kier alpha value is -2.15. The van der Waals surface area contributed by atoms with Crippen LogP contribution in [0.5, 0.6) is 0 Å². The van der Waals surface area contributed by atoms with Crippen LogP contribution in [0.2, 0.25) is 0 Å². The molecule has 8 heteroatoms. The molecule has 5 rings (SSSR count). The number of nitrogens with one attached hydrogen (secondary N) is 1. The summed E-state index contributed by atoms with van der Waals surface area (Å²) in [5.41, 5.74) is 3.75. The smallest absolute Gasteiger partial charge is 0.309 e. The van der Waals surface area contributed by atoms with Gasteiger partial charge in [0.2, 0.25) is 0 Å². The van der Waals surface area contributed by atoms with E-state index in [2.05, 4.69) is 36.8 Å². The van der Waals surface area contributed by atoms with Crippen molar-refractivity contribution in [2.75, 3.05) is 20.1 Å². The fourth-order valence-corrected chi connectivity index (χ4v) is 6.03. The Morgan fingerprint density at radius 3 is 2.66 bits per heavy atom. The summed E-state index contributed by atoms with van der Waals surface area (Å²) in [6.07, 6.45) is 6.04. The highest BCUT2D eigenvalue weighted by Gasteiger charge is 2.49. The molecule has 2 aliphatic carbocycles. The van der Waals surface area contributed by atoms with Crippen LogP contribution >= 0.6 is 24.8 Å². The quantitative estimate of drug-likeness (QED) is 0.273. The Balaban J connectivity index is 0.00000200. The normalized spacial score (nSPS) is 20.6. The van der Waals surface area contributed by atoms with Crippen molar-refractivity contribution in [3.63, 3.8) is 0 Å². The average molecular weight is 565 g/mol. The summed E-state index contributed by atoms with van der Waals surface area (Å²) >= 11 is 0. The highest BCUT2D eigenvalue weighted by atomic mass is 35.5. The number of rotatable bonds is 10. The van der Waals surface area contributed by atoms with Gasteiger partial charge in [-0.25, -0.2) is 9.37 Å². The number of hydrogen-bond donors (Lipinski definition) is 1. The second kappa shape index (κ2) is 12.8. The van der Waals surface area contributed by atoms with E-state index in [1.165, 1.54) is 0 Å². The van der Waals surface area contributed by atoms with Gasteiger partial charge in [0.25, 0.3) is 0 Å². The van der Waals surface area contributed by atoms with Crippen LogP contribution in [0.1, 0.15) is 68.8 Å². The van der Waals surface area contributed by atoms with Crippen LogP contribution in [0.3, 0.4) is 0 Å². The number of hydrogen-bond acceptors (Lipinski definition) is 4. The van der Waals surface area contributed by atoms with E-state index in [4.69, 9.17) is 9.72 Å². The number of carbonyl (C=O) groups is 1. The number of benzene rings is 2. The van der Waals surface area contributed by atoms with E-state index in [1.807, 2.05) is 24.3 Å². The number of aromatic amines is 1. The van der Waals surface area contributed by atoms with Crippen molar-refractivity contribution in [1.82, 2.24) is 14.9 Å². The van der Waals surface area contributed by atoms with Crippen LogP contribution < -0.4 is 0 Å². The van der Waals surface area contributed by atoms with Crippen LogP contribution in [0, 0.1) is 17.7 Å². The zero-order valence-corrected chi connectivity index (χ0v) is 24.2. The molecule has 0 aliphatic heterocycles. The summed E-state index contributed by atoms with van der Waals surface area (Å²) in [4.78, 5) is 23.4. The molecule has 2 atom stereocenters. The first-order valence-corrected chi connectivity index (χ1v) is 13.5. The molecule has 3 aromatic rings. The van der Waals surface area contributed by atoms with E-state index in [-0.39, 0.29) is 54.4 Å². The maximum atomic E-state index is 14.0. The third-order valence-electron chi connectivity index (χ3n) is 8.01. The molecule has 1 fully saturated rings. The van der Waals surface area contributed by atoms with Crippen LogP contribution in [0.25, 0.3) is 11.0 Å². The molecule has 208 valence electrons. The Bertz CT molecular complexity index is 1200. The lowest BCUT2D eigenvalue weighted by Crippen LogP contribution is -2.48. The number of para-hydroxylation sites is 2. The summed E-state index contributed by atoms with van der Waals surface area (Å²) in [6, 6.07) is 13.3. The molecule has 1 aromatic heterocycles. The first kappa shape index (κ1) is 30.4. The molecule has 5 nitrogen and oxygen atoms in total. The van der Waals surface area contributed by atoms with Crippen molar-refractivity contribution >= 4 is 41.8 Å². The molecule has 0 radical (unpaired) electrons. The van der Waals surface area contributed by atoms with Crippen molar-refractivity contribution in [2.45, 2.75) is 70.3 Å². The molecular formula is C30H40Cl2FN3O2. The first-order valence-electron chi connectivity index (χ1n) is 13.5. The molecule has 38 heavy (non-hydrogen) atoms. The van der Waals surface area contributed by atoms with Gasteiger partial charge in [-0.1, -0.05) is 32.0 Å². The lowest BCUT2D eigenvalue weighted by atomic mass is 9.65. The summed E-state index contributed by atoms with van der Waals surface area (Å²) in [6.45, 7) is 6.18. The number of H-pyrrole nitrogens is 1. The SMILES string of the molecule is CC(C)[C@H]1c2ccc(F)cc2CC[C@@]1(CCN(C)CCCc1nc2ccccc2[nH]1)OC(=O)C1CC1.Cl.Cl. The van der Waals surface area contributed by atoms with Gasteiger partial charge in [-0.15, -0.1) is 24.8 Å². The number of fused-ring (bicyclic) bond motifs is 2. The Labute approximate surface area is 237 Å². The van der Waals surface area contributed by atoms with Gasteiger partial charge in [-0.05, 0) is 87.0 Å². The third kappa shape index (κ3) is 6.70. The third-order valence-corrected chi connectivity index (χ3v) is 8.01. The van der Waals surface area contributed by atoms with E-state index < -0.39 is 5.60 Å². The van der Waals surface area contributed by atoms with Crippen molar-refractivity contribution in [3.05, 3.63) is 65.2 Å². The second-order valence-corrected chi connectivity index (χ2v) is 11.2. The van der Waals surface area contributed by atoms with Gasteiger partial charge in [0.05, 0.1) is 17.0 Å². The van der Waals surface area contributed by atoms with Gasteiger partial charge in [0, 0.05) is 25.3 Å². The van der Waals surface area contributed by atoms with Crippen molar-refractivity contribution in [3.8, 4) is 0 Å². The molecule has 0 unspecified atom stereocenters.